The van der Waals surface area contributed by atoms with Crippen molar-refractivity contribution in [3.63, 3.8) is 0 Å². The minimum Gasteiger partial charge on any atom is -0.507 e. The Hall–Kier alpha value is -2.82. The summed E-state index contributed by atoms with van der Waals surface area (Å²) in [5, 5.41) is 20.0. The van der Waals surface area contributed by atoms with E-state index in [2.05, 4.69) is 9.98 Å². The third-order valence-electron chi connectivity index (χ3n) is 4.06. The van der Waals surface area contributed by atoms with Crippen LogP contribution in [0.5, 0.6) is 11.5 Å². The summed E-state index contributed by atoms with van der Waals surface area (Å²) in [5.41, 5.74) is 4.18. The van der Waals surface area contributed by atoms with Crippen LogP contribution in [0.1, 0.15) is 22.3 Å². The maximum Gasteiger partial charge on any atom is 0.124 e. The molecule has 0 radical (unpaired) electrons. The first-order valence-electron chi connectivity index (χ1n) is 8.53. The molecular weight excluding hydrogens is 395 g/mol. The van der Waals surface area contributed by atoms with Crippen LogP contribution in [0.2, 0.25) is 0 Å². The van der Waals surface area contributed by atoms with Crippen LogP contribution in [-0.2, 0) is 11.8 Å². The Balaban J connectivity index is 1.90. The van der Waals surface area contributed by atoms with Crippen LogP contribution in [0.4, 0.5) is 11.4 Å². The third-order valence-corrected chi connectivity index (χ3v) is 4.68. The Bertz CT molecular complexity index is 950. The number of hydrogen-bond acceptors (Lipinski definition) is 4. The number of phenolic OH excluding ortho intramolecular Hbond substituents is 2. The van der Waals surface area contributed by atoms with Crippen molar-refractivity contribution in [2.45, 2.75) is 11.8 Å². The Labute approximate surface area is 173 Å². The molecular formula is C22H18Cl2N2O2. The molecule has 0 unspecified atom stereocenters. The Morgan fingerprint density at radius 1 is 0.679 bits per heavy atom. The summed E-state index contributed by atoms with van der Waals surface area (Å²) in [6.45, 7) is 0. The number of phenols is 2. The first-order valence-corrected chi connectivity index (χ1v) is 9.60. The van der Waals surface area contributed by atoms with E-state index in [4.69, 9.17) is 23.2 Å². The molecule has 6 heteroatoms. The molecule has 0 bridgehead atoms. The monoisotopic (exact) mass is 412 g/mol. The minimum atomic E-state index is 0.126. The van der Waals surface area contributed by atoms with Crippen molar-refractivity contribution in [1.82, 2.24) is 0 Å². The molecule has 142 valence electrons. The first kappa shape index (κ1) is 19.9. The first-order chi connectivity index (χ1) is 13.6. The largest absolute Gasteiger partial charge is 0.507 e. The SMILES string of the molecule is Oc1ccc(CCl)cc1C=Nc1ccccc1N=Cc1cc(CCl)ccc1O. The molecule has 3 aromatic carbocycles. The lowest BCUT2D eigenvalue weighted by atomic mass is 10.1. The Kier molecular flexibility index (Phi) is 6.69. The number of aromatic hydroxyl groups is 2. The summed E-state index contributed by atoms with van der Waals surface area (Å²) in [4.78, 5) is 8.91. The van der Waals surface area contributed by atoms with Crippen LogP contribution in [0.15, 0.2) is 70.6 Å². The maximum atomic E-state index is 10.0. The highest BCUT2D eigenvalue weighted by atomic mass is 35.5. The lowest BCUT2D eigenvalue weighted by molar-refractivity contribution is 0.474. The van der Waals surface area contributed by atoms with Crippen molar-refractivity contribution in [2.24, 2.45) is 9.98 Å². The van der Waals surface area contributed by atoms with E-state index in [9.17, 15) is 10.2 Å². The van der Waals surface area contributed by atoms with Gasteiger partial charge in [0, 0.05) is 35.3 Å². The van der Waals surface area contributed by atoms with Crippen LogP contribution in [0, 0.1) is 0 Å². The molecule has 0 aliphatic carbocycles. The normalized spacial score (nSPS) is 11.5. The van der Waals surface area contributed by atoms with Gasteiger partial charge in [-0.3, -0.25) is 9.98 Å². The van der Waals surface area contributed by atoms with Gasteiger partial charge in [-0.25, -0.2) is 0 Å². The molecule has 0 heterocycles. The fourth-order valence-electron chi connectivity index (χ4n) is 2.54. The molecule has 28 heavy (non-hydrogen) atoms. The van der Waals surface area contributed by atoms with Crippen LogP contribution in [0.25, 0.3) is 0 Å². The molecule has 0 saturated heterocycles. The van der Waals surface area contributed by atoms with Gasteiger partial charge in [-0.05, 0) is 47.5 Å². The van der Waals surface area contributed by atoms with Gasteiger partial charge in [0.1, 0.15) is 11.5 Å². The molecule has 0 saturated carbocycles. The number of nitrogens with zero attached hydrogens (tertiary/aromatic N) is 2. The lowest BCUT2D eigenvalue weighted by Crippen LogP contribution is -1.87. The van der Waals surface area contributed by atoms with Crippen molar-refractivity contribution < 1.29 is 10.2 Å². The molecule has 4 nitrogen and oxygen atoms in total. The molecule has 0 aromatic heterocycles. The van der Waals surface area contributed by atoms with E-state index in [1.807, 2.05) is 24.3 Å². The Morgan fingerprint density at radius 2 is 1.11 bits per heavy atom. The zero-order valence-corrected chi connectivity index (χ0v) is 16.4. The van der Waals surface area contributed by atoms with Gasteiger partial charge < -0.3 is 10.2 Å². The second-order valence-electron chi connectivity index (χ2n) is 6.06. The molecule has 3 aromatic rings. The molecule has 0 amide bonds. The number of aliphatic imine (C=N–C) groups is 2. The van der Waals surface area contributed by atoms with E-state index in [0.29, 0.717) is 34.3 Å². The van der Waals surface area contributed by atoms with Crippen molar-refractivity contribution in [3.05, 3.63) is 82.9 Å². The predicted molar refractivity (Wildman–Crippen MR) is 116 cm³/mol. The van der Waals surface area contributed by atoms with Crippen molar-refractivity contribution in [3.8, 4) is 11.5 Å². The Morgan fingerprint density at radius 3 is 1.50 bits per heavy atom. The van der Waals surface area contributed by atoms with Gasteiger partial charge in [-0.2, -0.15) is 0 Å². The zero-order valence-electron chi connectivity index (χ0n) is 14.9. The van der Waals surface area contributed by atoms with E-state index in [0.717, 1.165) is 11.1 Å². The number of benzene rings is 3. The van der Waals surface area contributed by atoms with Gasteiger partial charge in [0.2, 0.25) is 0 Å². The van der Waals surface area contributed by atoms with E-state index >= 15 is 0 Å². The van der Waals surface area contributed by atoms with Crippen LogP contribution >= 0.6 is 23.2 Å². The summed E-state index contributed by atoms with van der Waals surface area (Å²) in [5.74, 6) is 0.961. The molecule has 0 spiro atoms. The highest BCUT2D eigenvalue weighted by Gasteiger charge is 2.03. The van der Waals surface area contributed by atoms with E-state index in [-0.39, 0.29) is 11.5 Å². The van der Waals surface area contributed by atoms with Gasteiger partial charge in [-0.15, -0.1) is 23.2 Å². The maximum absolute atomic E-state index is 10.0. The molecule has 0 aliphatic rings. The molecule has 0 atom stereocenters. The summed E-state index contributed by atoms with van der Waals surface area (Å²) in [6.07, 6.45) is 3.15. The number of alkyl halides is 2. The fourth-order valence-corrected chi connectivity index (χ4v) is 2.87. The fraction of sp³-hybridized carbons (Fsp3) is 0.0909. The summed E-state index contributed by atoms with van der Waals surface area (Å²) in [6, 6.07) is 17.6. The van der Waals surface area contributed by atoms with E-state index in [1.165, 1.54) is 0 Å². The van der Waals surface area contributed by atoms with Gasteiger partial charge in [0.05, 0.1) is 11.4 Å². The summed E-state index contributed by atoms with van der Waals surface area (Å²) >= 11 is 11.7. The van der Waals surface area contributed by atoms with E-state index in [1.54, 1.807) is 48.8 Å². The third kappa shape index (κ3) is 4.91. The number of hydrogen-bond donors (Lipinski definition) is 2. The minimum absolute atomic E-state index is 0.126. The highest BCUT2D eigenvalue weighted by Crippen LogP contribution is 2.29. The smallest absolute Gasteiger partial charge is 0.124 e. The molecule has 2 N–H and O–H groups in total. The van der Waals surface area contributed by atoms with Crippen molar-refractivity contribution >= 4 is 47.0 Å². The van der Waals surface area contributed by atoms with Crippen molar-refractivity contribution in [2.75, 3.05) is 0 Å². The van der Waals surface area contributed by atoms with Crippen LogP contribution in [0.3, 0.4) is 0 Å². The predicted octanol–water partition coefficient (Wildman–Crippen LogP) is 6.08. The second kappa shape index (κ2) is 9.40. The molecule has 0 aliphatic heterocycles. The van der Waals surface area contributed by atoms with Gasteiger partial charge >= 0.3 is 0 Å². The average Bonchev–Trinajstić information content (AvgIpc) is 2.73. The van der Waals surface area contributed by atoms with Crippen molar-refractivity contribution in [1.29, 1.82) is 0 Å². The number of halogens is 2. The van der Waals surface area contributed by atoms with Crippen LogP contribution < -0.4 is 0 Å². The molecule has 3 rings (SSSR count). The standard InChI is InChI=1S/C22H18Cl2N2O2/c23-11-15-5-7-21(27)17(9-15)13-25-19-3-1-2-4-20(19)26-14-18-10-16(12-24)6-8-22(18)28/h1-10,13-14,27-28H,11-12H2. The second-order valence-corrected chi connectivity index (χ2v) is 6.59. The van der Waals surface area contributed by atoms with Gasteiger partial charge in [0.25, 0.3) is 0 Å². The lowest BCUT2D eigenvalue weighted by Gasteiger charge is -2.04. The quantitative estimate of drug-likeness (QED) is 0.380. The topological polar surface area (TPSA) is 65.2 Å². The zero-order chi connectivity index (χ0) is 19.9. The highest BCUT2D eigenvalue weighted by molar-refractivity contribution is 6.17. The van der Waals surface area contributed by atoms with E-state index < -0.39 is 0 Å². The van der Waals surface area contributed by atoms with Gasteiger partial charge in [-0.1, -0.05) is 24.3 Å². The number of para-hydroxylation sites is 2. The number of rotatable bonds is 6. The average molecular weight is 413 g/mol. The summed E-state index contributed by atoms with van der Waals surface area (Å²) in [7, 11) is 0. The van der Waals surface area contributed by atoms with Gasteiger partial charge in [0.15, 0.2) is 0 Å². The molecule has 0 fully saturated rings. The van der Waals surface area contributed by atoms with Crippen LogP contribution in [-0.4, -0.2) is 22.6 Å². The summed E-state index contributed by atoms with van der Waals surface area (Å²) < 4.78 is 0.